The zero-order valence-electron chi connectivity index (χ0n) is 11.6. The Morgan fingerprint density at radius 2 is 1.95 bits per heavy atom. The quantitative estimate of drug-likeness (QED) is 0.907. The molecular formula is C14H22N2O2S. The molecule has 1 heterocycles. The summed E-state index contributed by atoms with van der Waals surface area (Å²) in [6.07, 6.45) is 1.73. The fraction of sp³-hybridized carbons (Fsp3) is 0.571. The van der Waals surface area contributed by atoms with Gasteiger partial charge in [0.05, 0.1) is 11.5 Å². The average molecular weight is 282 g/mol. The van der Waals surface area contributed by atoms with Crippen molar-refractivity contribution in [1.82, 2.24) is 5.32 Å². The average Bonchev–Trinajstić information content (AvgIpc) is 2.36. The molecule has 0 radical (unpaired) electrons. The Morgan fingerprint density at radius 1 is 1.26 bits per heavy atom. The van der Waals surface area contributed by atoms with Crippen molar-refractivity contribution in [1.29, 1.82) is 0 Å². The smallest absolute Gasteiger partial charge is 0.151 e. The van der Waals surface area contributed by atoms with E-state index in [0.29, 0.717) is 5.75 Å². The van der Waals surface area contributed by atoms with Crippen LogP contribution in [0.3, 0.4) is 0 Å². The van der Waals surface area contributed by atoms with Gasteiger partial charge in [0.15, 0.2) is 9.84 Å². The van der Waals surface area contributed by atoms with E-state index in [1.807, 2.05) is 14.1 Å². The van der Waals surface area contributed by atoms with E-state index in [9.17, 15) is 8.42 Å². The lowest BCUT2D eigenvalue weighted by molar-refractivity contribution is 0.480. The molecule has 1 N–H and O–H groups in total. The van der Waals surface area contributed by atoms with Gasteiger partial charge >= 0.3 is 0 Å². The highest BCUT2D eigenvalue weighted by Crippen LogP contribution is 2.14. The lowest BCUT2D eigenvalue weighted by Crippen LogP contribution is -2.39. The van der Waals surface area contributed by atoms with Crippen molar-refractivity contribution in [3.05, 3.63) is 29.8 Å². The predicted molar refractivity (Wildman–Crippen MR) is 79.3 cm³/mol. The number of hydrogen-bond donors (Lipinski definition) is 1. The Labute approximate surface area is 115 Å². The minimum absolute atomic E-state index is 0.104. The summed E-state index contributed by atoms with van der Waals surface area (Å²) >= 11 is 0. The SMILES string of the molecule is CN(C)c1ccc(CNC2CCCS(=O)(=O)C2)cc1. The largest absolute Gasteiger partial charge is 0.378 e. The van der Waals surface area contributed by atoms with Gasteiger partial charge in [-0.2, -0.15) is 0 Å². The van der Waals surface area contributed by atoms with Crippen LogP contribution < -0.4 is 10.2 Å². The normalized spacial score (nSPS) is 22.1. The molecule has 0 aliphatic carbocycles. The summed E-state index contributed by atoms with van der Waals surface area (Å²) in [5, 5.41) is 3.35. The van der Waals surface area contributed by atoms with E-state index < -0.39 is 9.84 Å². The van der Waals surface area contributed by atoms with E-state index in [2.05, 4.69) is 34.5 Å². The van der Waals surface area contributed by atoms with Crippen LogP contribution in [0.4, 0.5) is 5.69 Å². The minimum Gasteiger partial charge on any atom is -0.378 e. The second-order valence-corrected chi connectivity index (χ2v) is 7.62. The maximum Gasteiger partial charge on any atom is 0.151 e. The number of rotatable bonds is 4. The van der Waals surface area contributed by atoms with Gasteiger partial charge in [-0.3, -0.25) is 0 Å². The van der Waals surface area contributed by atoms with Crippen molar-refractivity contribution in [2.24, 2.45) is 0 Å². The van der Waals surface area contributed by atoms with Crippen LogP contribution in [0.5, 0.6) is 0 Å². The molecule has 1 saturated heterocycles. The van der Waals surface area contributed by atoms with Crippen LogP contribution in [0.1, 0.15) is 18.4 Å². The van der Waals surface area contributed by atoms with E-state index in [1.165, 1.54) is 11.3 Å². The third-order valence-corrected chi connectivity index (χ3v) is 5.33. The molecule has 1 aliphatic heterocycles. The number of nitrogens with zero attached hydrogens (tertiary/aromatic N) is 1. The minimum atomic E-state index is -2.82. The Kier molecular flexibility index (Phi) is 4.47. The Balaban J connectivity index is 1.88. The zero-order valence-corrected chi connectivity index (χ0v) is 12.4. The molecule has 0 bridgehead atoms. The molecule has 5 heteroatoms. The van der Waals surface area contributed by atoms with Crippen LogP contribution in [-0.2, 0) is 16.4 Å². The maximum absolute atomic E-state index is 11.5. The number of sulfone groups is 1. The summed E-state index contributed by atoms with van der Waals surface area (Å²) in [4.78, 5) is 2.06. The molecule has 1 aromatic rings. The topological polar surface area (TPSA) is 49.4 Å². The standard InChI is InChI=1S/C14H22N2O2S/c1-16(2)14-7-5-12(6-8-14)10-15-13-4-3-9-19(17,18)11-13/h5-8,13,15H,3-4,9-11H2,1-2H3. The van der Waals surface area contributed by atoms with Crippen molar-refractivity contribution >= 4 is 15.5 Å². The number of nitrogens with one attached hydrogen (secondary N) is 1. The predicted octanol–water partition coefficient (Wildman–Crippen LogP) is 1.42. The van der Waals surface area contributed by atoms with Gasteiger partial charge in [-0.15, -0.1) is 0 Å². The second-order valence-electron chi connectivity index (χ2n) is 5.40. The van der Waals surface area contributed by atoms with Crippen molar-refractivity contribution < 1.29 is 8.42 Å². The van der Waals surface area contributed by atoms with Gasteiger partial charge in [0.2, 0.25) is 0 Å². The summed E-state index contributed by atoms with van der Waals surface area (Å²) in [5.41, 5.74) is 2.36. The summed E-state index contributed by atoms with van der Waals surface area (Å²) in [5.74, 6) is 0.630. The van der Waals surface area contributed by atoms with E-state index in [4.69, 9.17) is 0 Å². The molecule has 2 rings (SSSR count). The Bertz CT molecular complexity index is 509. The van der Waals surface area contributed by atoms with Gasteiger partial charge in [-0.1, -0.05) is 12.1 Å². The van der Waals surface area contributed by atoms with Crippen LogP contribution in [0, 0.1) is 0 Å². The van der Waals surface area contributed by atoms with Crippen molar-refractivity contribution in [3.63, 3.8) is 0 Å². The van der Waals surface area contributed by atoms with Crippen LogP contribution in [0.2, 0.25) is 0 Å². The molecule has 0 saturated carbocycles. The fourth-order valence-electron chi connectivity index (χ4n) is 2.36. The molecular weight excluding hydrogens is 260 g/mol. The van der Waals surface area contributed by atoms with Crippen molar-refractivity contribution in [2.45, 2.75) is 25.4 Å². The summed E-state index contributed by atoms with van der Waals surface area (Å²) in [7, 11) is 1.20. The van der Waals surface area contributed by atoms with Gasteiger partial charge in [0.25, 0.3) is 0 Å². The van der Waals surface area contributed by atoms with Crippen LogP contribution in [0.25, 0.3) is 0 Å². The molecule has 0 aromatic heterocycles. The van der Waals surface area contributed by atoms with E-state index in [-0.39, 0.29) is 11.8 Å². The summed E-state index contributed by atoms with van der Waals surface area (Å²) in [6, 6.07) is 8.43. The van der Waals surface area contributed by atoms with Gasteiger partial charge < -0.3 is 10.2 Å². The lowest BCUT2D eigenvalue weighted by atomic mass is 10.1. The maximum atomic E-state index is 11.5. The molecule has 1 atom stereocenters. The molecule has 106 valence electrons. The summed E-state index contributed by atoms with van der Waals surface area (Å²) in [6.45, 7) is 0.730. The van der Waals surface area contributed by atoms with Crippen LogP contribution >= 0.6 is 0 Å². The molecule has 0 spiro atoms. The van der Waals surface area contributed by atoms with Crippen LogP contribution in [-0.4, -0.2) is 40.1 Å². The first-order valence-electron chi connectivity index (χ1n) is 6.66. The third-order valence-electron chi connectivity index (χ3n) is 3.51. The highest BCUT2D eigenvalue weighted by atomic mass is 32.2. The molecule has 1 aromatic carbocycles. The van der Waals surface area contributed by atoms with Crippen molar-refractivity contribution in [2.75, 3.05) is 30.5 Å². The molecule has 0 amide bonds. The number of anilines is 1. The van der Waals surface area contributed by atoms with Gasteiger partial charge in [-0.25, -0.2) is 8.42 Å². The first kappa shape index (κ1) is 14.3. The fourth-order valence-corrected chi connectivity index (χ4v) is 4.03. The van der Waals surface area contributed by atoms with E-state index in [0.717, 1.165) is 19.4 Å². The third kappa shape index (κ3) is 4.21. The zero-order chi connectivity index (χ0) is 13.9. The molecule has 1 aliphatic rings. The molecule has 19 heavy (non-hydrogen) atoms. The van der Waals surface area contributed by atoms with E-state index >= 15 is 0 Å². The van der Waals surface area contributed by atoms with Crippen LogP contribution in [0.15, 0.2) is 24.3 Å². The molecule has 1 fully saturated rings. The van der Waals surface area contributed by atoms with Crippen molar-refractivity contribution in [3.8, 4) is 0 Å². The summed E-state index contributed by atoms with van der Waals surface area (Å²) < 4.78 is 23.1. The molecule has 1 unspecified atom stereocenters. The Morgan fingerprint density at radius 3 is 2.53 bits per heavy atom. The first-order chi connectivity index (χ1) is 8.96. The number of benzene rings is 1. The second kappa shape index (κ2) is 5.92. The van der Waals surface area contributed by atoms with Gasteiger partial charge in [0.1, 0.15) is 0 Å². The highest BCUT2D eigenvalue weighted by Gasteiger charge is 2.23. The monoisotopic (exact) mass is 282 g/mol. The van der Waals surface area contributed by atoms with Gasteiger partial charge in [-0.05, 0) is 30.5 Å². The highest BCUT2D eigenvalue weighted by molar-refractivity contribution is 7.91. The number of hydrogen-bond acceptors (Lipinski definition) is 4. The van der Waals surface area contributed by atoms with Gasteiger partial charge in [0, 0.05) is 32.4 Å². The van der Waals surface area contributed by atoms with E-state index in [1.54, 1.807) is 0 Å². The lowest BCUT2D eigenvalue weighted by Gasteiger charge is -2.23. The Hall–Kier alpha value is -1.07. The first-order valence-corrected chi connectivity index (χ1v) is 8.48. The molecule has 4 nitrogen and oxygen atoms in total.